The molecule has 36 heavy (non-hydrogen) atoms. The van der Waals surface area contributed by atoms with Gasteiger partial charge in [-0.2, -0.15) is 0 Å². The average molecular weight is 522 g/mol. The maximum Gasteiger partial charge on any atom is 0.309 e. The van der Waals surface area contributed by atoms with Gasteiger partial charge in [-0.05, 0) is 44.3 Å². The molecular formula is C28H43NO6S. The molecular weight excluding hydrogens is 478 g/mol. The molecule has 3 heterocycles. The molecule has 1 aromatic rings. The van der Waals surface area contributed by atoms with Gasteiger partial charge < -0.3 is 19.7 Å². The van der Waals surface area contributed by atoms with E-state index in [0.29, 0.717) is 6.42 Å². The molecule has 0 amide bonds. The first-order valence-electron chi connectivity index (χ1n) is 13.3. The summed E-state index contributed by atoms with van der Waals surface area (Å²) in [5.74, 6) is -1.47. The number of cyclic esters (lactones) is 1. The number of aromatic nitrogens is 1. The highest BCUT2D eigenvalue weighted by Crippen LogP contribution is 2.35. The summed E-state index contributed by atoms with van der Waals surface area (Å²) in [6, 6.07) is 0. The minimum absolute atomic E-state index is 0.0253. The standard InChI is InChI=1S/C28H43NO6S/c1-16-10-8-7-9-11-21-23(34-21)13-22(17(2)12-20-15-36-19(4)29-20)35-25(31)14-24(30)28(5,6)27(33)18(3)26(16)32/h12,15-16,18,21-24,26,30,32H,7-11,13-14H2,1-6H3/b17-12+/t16-,18+,21-,22-,23+,24-,26-/m0/s1. The first kappa shape index (κ1) is 29.0. The fourth-order valence-electron chi connectivity index (χ4n) is 5.13. The quantitative estimate of drug-likeness (QED) is 0.422. The number of Topliss-reactive ketones (excluding diaryl/α,β-unsaturated/α-hetero) is 1. The summed E-state index contributed by atoms with van der Waals surface area (Å²) < 4.78 is 11.8. The molecule has 0 unspecified atom stereocenters. The van der Waals surface area contributed by atoms with Crippen LogP contribution in [0, 0.1) is 24.2 Å². The second kappa shape index (κ2) is 12.3. The van der Waals surface area contributed by atoms with Gasteiger partial charge in [0.1, 0.15) is 11.9 Å². The number of fused-ring (bicyclic) bond motifs is 1. The molecule has 0 spiro atoms. The highest BCUT2D eigenvalue weighted by Gasteiger charge is 2.44. The van der Waals surface area contributed by atoms with Gasteiger partial charge in [0.05, 0.1) is 47.0 Å². The Morgan fingerprint density at radius 3 is 2.50 bits per heavy atom. The molecule has 2 saturated heterocycles. The maximum absolute atomic E-state index is 13.3. The highest BCUT2D eigenvalue weighted by molar-refractivity contribution is 7.09. The van der Waals surface area contributed by atoms with Gasteiger partial charge in [0.25, 0.3) is 0 Å². The number of carbonyl (C=O) groups is 2. The molecule has 2 fully saturated rings. The lowest BCUT2D eigenvalue weighted by molar-refractivity contribution is -0.154. The van der Waals surface area contributed by atoms with Crippen LogP contribution in [0.4, 0.5) is 0 Å². The number of esters is 1. The van der Waals surface area contributed by atoms with E-state index in [0.717, 1.165) is 48.4 Å². The van der Waals surface area contributed by atoms with Crippen LogP contribution in [0.25, 0.3) is 6.08 Å². The third-order valence-corrected chi connectivity index (χ3v) is 8.70. The van der Waals surface area contributed by atoms with E-state index in [1.165, 1.54) is 0 Å². The number of aryl methyl sites for hydroxylation is 1. The zero-order valence-electron chi connectivity index (χ0n) is 22.5. The number of hydrogen-bond acceptors (Lipinski definition) is 8. The van der Waals surface area contributed by atoms with Crippen molar-refractivity contribution in [2.24, 2.45) is 17.3 Å². The largest absolute Gasteiger partial charge is 0.458 e. The number of thiazole rings is 1. The average Bonchev–Trinajstić information content (AvgIpc) is 3.43. The van der Waals surface area contributed by atoms with E-state index in [4.69, 9.17) is 9.47 Å². The summed E-state index contributed by atoms with van der Waals surface area (Å²) >= 11 is 1.56. The Labute approximate surface area is 219 Å². The molecule has 2 N–H and O–H groups in total. The van der Waals surface area contributed by atoms with E-state index in [9.17, 15) is 19.8 Å². The predicted molar refractivity (Wildman–Crippen MR) is 140 cm³/mol. The third-order valence-electron chi connectivity index (χ3n) is 7.91. The molecule has 3 rings (SSSR count). The molecule has 202 valence electrons. The van der Waals surface area contributed by atoms with Gasteiger partial charge >= 0.3 is 5.97 Å². The lowest BCUT2D eigenvalue weighted by Crippen LogP contribution is -2.45. The second-order valence-electron chi connectivity index (χ2n) is 11.3. The Bertz CT molecular complexity index is 940. The van der Waals surface area contributed by atoms with Crippen molar-refractivity contribution in [3.63, 3.8) is 0 Å². The van der Waals surface area contributed by atoms with Gasteiger partial charge in [-0.25, -0.2) is 4.98 Å². The highest BCUT2D eigenvalue weighted by atomic mass is 32.1. The number of aliphatic hydroxyl groups is 2. The number of rotatable bonds is 2. The fourth-order valence-corrected chi connectivity index (χ4v) is 5.70. The predicted octanol–water partition coefficient (Wildman–Crippen LogP) is 4.87. The van der Waals surface area contributed by atoms with Crippen LogP contribution < -0.4 is 0 Å². The van der Waals surface area contributed by atoms with Crippen LogP contribution in [0.15, 0.2) is 11.0 Å². The minimum atomic E-state index is -1.22. The van der Waals surface area contributed by atoms with Crippen molar-refractivity contribution < 1.29 is 29.3 Å². The molecule has 7 nitrogen and oxygen atoms in total. The van der Waals surface area contributed by atoms with E-state index in [1.54, 1.807) is 32.1 Å². The first-order chi connectivity index (χ1) is 16.9. The number of ether oxygens (including phenoxy) is 2. The van der Waals surface area contributed by atoms with Gasteiger partial charge in [0.2, 0.25) is 0 Å². The molecule has 2 aliphatic heterocycles. The summed E-state index contributed by atoms with van der Waals surface area (Å²) in [4.78, 5) is 30.7. The number of epoxide rings is 1. The van der Waals surface area contributed by atoms with Crippen LogP contribution in [0.3, 0.4) is 0 Å². The van der Waals surface area contributed by atoms with Crippen molar-refractivity contribution in [1.82, 2.24) is 4.98 Å². The lowest BCUT2D eigenvalue weighted by Gasteiger charge is -2.34. The van der Waals surface area contributed by atoms with Crippen LogP contribution in [0.2, 0.25) is 0 Å². The number of carbonyl (C=O) groups excluding carboxylic acids is 2. The monoisotopic (exact) mass is 521 g/mol. The van der Waals surface area contributed by atoms with Gasteiger partial charge in [-0.15, -0.1) is 11.3 Å². The Balaban J connectivity index is 1.79. The van der Waals surface area contributed by atoms with Crippen LogP contribution in [0.5, 0.6) is 0 Å². The van der Waals surface area contributed by atoms with E-state index >= 15 is 0 Å². The zero-order valence-corrected chi connectivity index (χ0v) is 23.3. The third kappa shape index (κ3) is 7.46. The van der Waals surface area contributed by atoms with Crippen molar-refractivity contribution in [3.8, 4) is 0 Å². The van der Waals surface area contributed by atoms with E-state index in [-0.39, 0.29) is 30.3 Å². The van der Waals surface area contributed by atoms with Crippen LogP contribution in [-0.4, -0.2) is 57.5 Å². The molecule has 0 radical (unpaired) electrons. The van der Waals surface area contributed by atoms with Crippen LogP contribution in [-0.2, 0) is 19.1 Å². The molecule has 1 aromatic heterocycles. The SMILES string of the molecule is C/C(=C\c1csc(C)n1)[C@@H]1C[C@H]2O[C@H]2CCCCC[C@H](C)[C@H](O)[C@@H](C)C(=O)C(C)(C)[C@@H](O)CC(=O)O1. The van der Waals surface area contributed by atoms with Crippen molar-refractivity contribution in [2.75, 3.05) is 0 Å². The lowest BCUT2D eigenvalue weighted by atomic mass is 9.73. The van der Waals surface area contributed by atoms with Gasteiger partial charge in [-0.3, -0.25) is 9.59 Å². The number of nitrogens with zero attached hydrogens (tertiary/aromatic N) is 1. The normalized spacial score (nSPS) is 35.3. The Hall–Kier alpha value is -1.61. The van der Waals surface area contributed by atoms with Gasteiger partial charge in [-0.1, -0.05) is 47.0 Å². The topological polar surface area (TPSA) is 109 Å². The zero-order chi connectivity index (χ0) is 26.6. The number of aliphatic hydroxyl groups excluding tert-OH is 2. The molecule has 0 aromatic carbocycles. The Morgan fingerprint density at radius 1 is 1.14 bits per heavy atom. The summed E-state index contributed by atoms with van der Waals surface area (Å²) in [6.07, 6.45) is 4.73. The minimum Gasteiger partial charge on any atom is -0.458 e. The molecule has 0 aliphatic carbocycles. The van der Waals surface area contributed by atoms with Crippen molar-refractivity contribution >= 4 is 29.2 Å². The molecule has 2 aliphatic rings. The second-order valence-corrected chi connectivity index (χ2v) is 12.4. The van der Waals surface area contributed by atoms with E-state index in [1.807, 2.05) is 32.2 Å². The maximum atomic E-state index is 13.3. The summed E-state index contributed by atoms with van der Waals surface area (Å²) in [6.45, 7) is 10.8. The molecule has 0 saturated carbocycles. The van der Waals surface area contributed by atoms with Crippen LogP contribution in [0.1, 0.15) is 90.3 Å². The Kier molecular flexibility index (Phi) is 9.88. The molecule has 8 heteroatoms. The summed E-state index contributed by atoms with van der Waals surface area (Å²) in [7, 11) is 0. The number of hydrogen-bond donors (Lipinski definition) is 2. The van der Waals surface area contributed by atoms with E-state index < -0.39 is 35.6 Å². The molecule has 7 atom stereocenters. The van der Waals surface area contributed by atoms with Crippen molar-refractivity contribution in [2.45, 2.75) is 117 Å². The Morgan fingerprint density at radius 2 is 1.83 bits per heavy atom. The van der Waals surface area contributed by atoms with Crippen LogP contribution >= 0.6 is 11.3 Å². The smallest absolute Gasteiger partial charge is 0.309 e. The van der Waals surface area contributed by atoms with Crippen molar-refractivity contribution in [3.05, 3.63) is 21.7 Å². The van der Waals surface area contributed by atoms with E-state index in [2.05, 4.69) is 4.98 Å². The summed E-state index contributed by atoms with van der Waals surface area (Å²) in [5.41, 5.74) is 0.494. The fraction of sp³-hybridized carbons (Fsp3) is 0.750. The van der Waals surface area contributed by atoms with Gasteiger partial charge in [0, 0.05) is 17.7 Å². The first-order valence-corrected chi connectivity index (χ1v) is 14.1. The molecule has 0 bridgehead atoms. The van der Waals surface area contributed by atoms with Crippen molar-refractivity contribution in [1.29, 1.82) is 0 Å². The van der Waals surface area contributed by atoms with Gasteiger partial charge in [0.15, 0.2) is 0 Å². The number of ketones is 1. The summed E-state index contributed by atoms with van der Waals surface area (Å²) in [5, 5.41) is 24.7.